The molecule has 2 nitrogen and oxygen atoms in total. The predicted molar refractivity (Wildman–Crippen MR) is 262 cm³/mol. The highest BCUT2D eigenvalue weighted by Crippen LogP contribution is 2.46. The van der Waals surface area contributed by atoms with Crippen LogP contribution < -0.4 is 4.90 Å². The van der Waals surface area contributed by atoms with Gasteiger partial charge in [-0.2, -0.15) is 0 Å². The first kappa shape index (κ1) is 35.2. The summed E-state index contributed by atoms with van der Waals surface area (Å²) in [5.41, 5.74) is 13.8. The van der Waals surface area contributed by atoms with Crippen LogP contribution in [0.25, 0.3) is 91.8 Å². The highest BCUT2D eigenvalue weighted by Gasteiger charge is 2.21. The Morgan fingerprint density at radius 1 is 0.344 bits per heavy atom. The Labute approximate surface area is 358 Å². The van der Waals surface area contributed by atoms with Gasteiger partial charge in [0.15, 0.2) is 0 Å². The summed E-state index contributed by atoms with van der Waals surface area (Å²) in [6.45, 7) is 0. The van der Waals surface area contributed by atoms with Crippen molar-refractivity contribution in [3.63, 3.8) is 0 Å². The van der Waals surface area contributed by atoms with Crippen molar-refractivity contribution < 1.29 is 0 Å². The number of hydrogen-bond acceptors (Lipinski definition) is 2. The number of hydrogen-bond donors (Lipinski definition) is 0. The summed E-state index contributed by atoms with van der Waals surface area (Å²) in [6, 6.07) is 84.4. The fourth-order valence-electron chi connectivity index (χ4n) is 9.31. The third kappa shape index (κ3) is 6.01. The Balaban J connectivity index is 1.11. The summed E-state index contributed by atoms with van der Waals surface area (Å²) in [4.78, 5) is 2.47. The van der Waals surface area contributed by atoms with Crippen LogP contribution in [0.5, 0.6) is 0 Å². The first-order valence-electron chi connectivity index (χ1n) is 20.8. The van der Waals surface area contributed by atoms with Crippen LogP contribution in [0, 0.1) is 0 Å². The highest BCUT2D eigenvalue weighted by atomic mass is 32.1. The van der Waals surface area contributed by atoms with Crippen LogP contribution in [0.1, 0.15) is 0 Å². The van der Waals surface area contributed by atoms with Crippen LogP contribution in [0.4, 0.5) is 17.1 Å². The third-order valence-corrected chi connectivity index (χ3v) is 13.4. The van der Waals surface area contributed by atoms with Crippen LogP contribution in [0.15, 0.2) is 231 Å². The second-order valence-corrected chi connectivity index (χ2v) is 16.8. The molecule has 12 rings (SSSR count). The summed E-state index contributed by atoms with van der Waals surface area (Å²) in [6.07, 6.45) is 0. The lowest BCUT2D eigenvalue weighted by Gasteiger charge is -2.29. The Hall–Kier alpha value is -7.72. The van der Waals surface area contributed by atoms with Crippen LogP contribution in [0.2, 0.25) is 0 Å². The van der Waals surface area contributed by atoms with E-state index in [4.69, 9.17) is 0 Å². The summed E-state index contributed by atoms with van der Waals surface area (Å²) in [7, 11) is 0. The normalized spacial score (nSPS) is 11.6. The number of benzene rings is 10. The van der Waals surface area contributed by atoms with Gasteiger partial charge in [0.1, 0.15) is 0 Å². The lowest BCUT2D eigenvalue weighted by atomic mass is 9.95. The van der Waals surface area contributed by atoms with Crippen molar-refractivity contribution >= 4 is 81.1 Å². The lowest BCUT2D eigenvalue weighted by molar-refractivity contribution is 1.17. The van der Waals surface area contributed by atoms with E-state index in [1.54, 1.807) is 0 Å². The van der Waals surface area contributed by atoms with Gasteiger partial charge in [0.25, 0.3) is 0 Å². The van der Waals surface area contributed by atoms with Crippen molar-refractivity contribution in [2.24, 2.45) is 0 Å². The molecule has 0 aliphatic rings. The van der Waals surface area contributed by atoms with Gasteiger partial charge in [0, 0.05) is 53.6 Å². The standard InChI is InChI=1S/C58H38N2S/c1-2-16-40(17-3-1)48-34-33-43(42-32-31-39-15-4-5-18-41(39)35-42)37-56(48)59(45-20-12-19-44(36-45)49-26-14-27-53-52-25-8-11-30-57(52)61-58(49)53)46-21-13-22-47(38-46)60-54-28-9-6-23-50(54)51-24-7-10-29-55(51)60/h1-38H. The number of anilines is 3. The molecule has 3 heteroatoms. The van der Waals surface area contributed by atoms with E-state index in [2.05, 4.69) is 240 Å². The van der Waals surface area contributed by atoms with Gasteiger partial charge in [0.05, 0.1) is 16.7 Å². The number of para-hydroxylation sites is 2. The zero-order valence-electron chi connectivity index (χ0n) is 33.2. The highest BCUT2D eigenvalue weighted by molar-refractivity contribution is 7.26. The van der Waals surface area contributed by atoms with Crippen LogP contribution >= 0.6 is 11.3 Å². The maximum atomic E-state index is 2.47. The Morgan fingerprint density at radius 2 is 0.951 bits per heavy atom. The molecule has 2 heterocycles. The van der Waals surface area contributed by atoms with Gasteiger partial charge >= 0.3 is 0 Å². The van der Waals surface area contributed by atoms with E-state index in [0.717, 1.165) is 39.4 Å². The minimum Gasteiger partial charge on any atom is -0.310 e. The quantitative estimate of drug-likeness (QED) is 0.156. The molecule has 0 radical (unpaired) electrons. The van der Waals surface area contributed by atoms with Crippen LogP contribution in [-0.2, 0) is 0 Å². The molecule has 0 fully saturated rings. The maximum Gasteiger partial charge on any atom is 0.0546 e. The van der Waals surface area contributed by atoms with Crippen molar-refractivity contribution in [1.29, 1.82) is 0 Å². The summed E-state index contributed by atoms with van der Waals surface area (Å²) < 4.78 is 5.03. The van der Waals surface area contributed by atoms with E-state index in [1.807, 2.05) is 11.3 Å². The molecule has 0 N–H and O–H groups in total. The lowest BCUT2D eigenvalue weighted by Crippen LogP contribution is -2.12. The third-order valence-electron chi connectivity index (χ3n) is 12.2. The van der Waals surface area contributed by atoms with Crippen molar-refractivity contribution in [3.8, 4) is 39.1 Å². The van der Waals surface area contributed by atoms with Crippen molar-refractivity contribution in [1.82, 2.24) is 4.57 Å². The number of nitrogens with zero attached hydrogens (tertiary/aromatic N) is 2. The van der Waals surface area contributed by atoms with E-state index in [9.17, 15) is 0 Å². The smallest absolute Gasteiger partial charge is 0.0546 e. The minimum absolute atomic E-state index is 1.07. The fourth-order valence-corrected chi connectivity index (χ4v) is 10.6. The molecule has 0 unspecified atom stereocenters. The molecule has 61 heavy (non-hydrogen) atoms. The molecule has 0 aliphatic carbocycles. The zero-order valence-corrected chi connectivity index (χ0v) is 34.1. The van der Waals surface area contributed by atoms with Crippen LogP contribution in [-0.4, -0.2) is 4.57 Å². The molecule has 10 aromatic carbocycles. The second-order valence-electron chi connectivity index (χ2n) is 15.7. The van der Waals surface area contributed by atoms with E-state index < -0.39 is 0 Å². The molecule has 0 bridgehead atoms. The molecule has 286 valence electrons. The molecule has 0 amide bonds. The average molecular weight is 795 g/mol. The van der Waals surface area contributed by atoms with Gasteiger partial charge in [-0.15, -0.1) is 11.3 Å². The molecule has 0 atom stereocenters. The van der Waals surface area contributed by atoms with E-state index in [-0.39, 0.29) is 0 Å². The van der Waals surface area contributed by atoms with Gasteiger partial charge in [-0.25, -0.2) is 0 Å². The molecule has 0 saturated carbocycles. The number of fused-ring (bicyclic) bond motifs is 7. The Morgan fingerprint density at radius 3 is 1.77 bits per heavy atom. The topological polar surface area (TPSA) is 8.17 Å². The molecular formula is C58H38N2S. The molecular weight excluding hydrogens is 757 g/mol. The van der Waals surface area contributed by atoms with Gasteiger partial charge in [0.2, 0.25) is 0 Å². The number of thiophene rings is 1. The Bertz CT molecular complexity index is 3560. The first-order valence-corrected chi connectivity index (χ1v) is 21.6. The largest absolute Gasteiger partial charge is 0.310 e. The summed E-state index contributed by atoms with van der Waals surface area (Å²) in [5.74, 6) is 0. The first-order chi connectivity index (χ1) is 30.2. The number of aromatic nitrogens is 1. The monoisotopic (exact) mass is 794 g/mol. The van der Waals surface area contributed by atoms with Gasteiger partial charge < -0.3 is 9.47 Å². The van der Waals surface area contributed by atoms with Gasteiger partial charge in [-0.3, -0.25) is 0 Å². The summed E-state index contributed by atoms with van der Waals surface area (Å²) >= 11 is 1.88. The summed E-state index contributed by atoms with van der Waals surface area (Å²) in [5, 5.41) is 7.57. The Kier molecular flexibility index (Phi) is 8.39. The molecule has 0 saturated heterocycles. The van der Waals surface area contributed by atoms with E-state index >= 15 is 0 Å². The molecule has 0 aliphatic heterocycles. The zero-order chi connectivity index (χ0) is 40.3. The molecule has 12 aromatic rings. The van der Waals surface area contributed by atoms with Crippen molar-refractivity contribution in [2.45, 2.75) is 0 Å². The fraction of sp³-hybridized carbons (Fsp3) is 0. The minimum atomic E-state index is 1.07. The van der Waals surface area contributed by atoms with Crippen molar-refractivity contribution in [3.05, 3.63) is 231 Å². The molecule has 2 aromatic heterocycles. The maximum absolute atomic E-state index is 2.47. The van der Waals surface area contributed by atoms with Gasteiger partial charge in [-0.05, 0) is 99.3 Å². The predicted octanol–water partition coefficient (Wildman–Crippen LogP) is 16.8. The van der Waals surface area contributed by atoms with E-state index in [0.29, 0.717) is 0 Å². The SMILES string of the molecule is c1ccc(-c2ccc(-c3ccc4ccccc4c3)cc2N(c2cccc(-c3cccc4c3sc3ccccc34)c2)c2cccc(-n3c4ccccc4c4ccccc43)c2)cc1. The van der Waals surface area contributed by atoms with Gasteiger partial charge in [-0.1, -0.05) is 170 Å². The van der Waals surface area contributed by atoms with E-state index in [1.165, 1.54) is 69.4 Å². The van der Waals surface area contributed by atoms with Crippen molar-refractivity contribution in [2.75, 3.05) is 4.90 Å². The van der Waals surface area contributed by atoms with Crippen LogP contribution in [0.3, 0.4) is 0 Å². The average Bonchev–Trinajstić information content (AvgIpc) is 3.88. The number of rotatable bonds is 7. The molecule has 0 spiro atoms. The second kappa shape index (κ2) is 14.5.